The summed E-state index contributed by atoms with van der Waals surface area (Å²) in [6.45, 7) is 2.41. The molecule has 3 aromatic rings. The number of anilines is 1. The van der Waals surface area contributed by atoms with E-state index in [2.05, 4.69) is 21.4 Å². The first-order valence-corrected chi connectivity index (χ1v) is 9.78. The molecular weight excluding hydrogens is 397 g/mol. The van der Waals surface area contributed by atoms with Crippen LogP contribution in [0.1, 0.15) is 21.6 Å². The molecule has 1 aliphatic heterocycles. The third-order valence-electron chi connectivity index (χ3n) is 5.19. The molecular formula is C23H20FN5O2. The van der Waals surface area contributed by atoms with E-state index in [0.717, 1.165) is 5.69 Å². The van der Waals surface area contributed by atoms with E-state index in [1.165, 1.54) is 18.3 Å². The number of hydrogen-bond acceptors (Lipinski definition) is 6. The van der Waals surface area contributed by atoms with E-state index in [0.29, 0.717) is 34.7 Å². The summed E-state index contributed by atoms with van der Waals surface area (Å²) >= 11 is 0. The Kier molecular flexibility index (Phi) is 5.60. The predicted molar refractivity (Wildman–Crippen MR) is 113 cm³/mol. The molecule has 3 heterocycles. The minimum absolute atomic E-state index is 0.257. The van der Waals surface area contributed by atoms with Crippen LogP contribution in [0.15, 0.2) is 54.7 Å². The van der Waals surface area contributed by atoms with E-state index in [1.54, 1.807) is 41.3 Å². The second-order valence-corrected chi connectivity index (χ2v) is 7.43. The molecule has 1 aliphatic rings. The number of aliphatic hydroxyl groups excluding tert-OH is 1. The second-order valence-electron chi connectivity index (χ2n) is 7.43. The van der Waals surface area contributed by atoms with Crippen LogP contribution in [-0.4, -0.2) is 46.2 Å². The molecule has 4 rings (SSSR count). The van der Waals surface area contributed by atoms with Crippen molar-refractivity contribution in [1.82, 2.24) is 15.3 Å². The summed E-state index contributed by atoms with van der Waals surface area (Å²) < 4.78 is 13.4. The Morgan fingerprint density at radius 2 is 2.10 bits per heavy atom. The third kappa shape index (κ3) is 4.37. The van der Waals surface area contributed by atoms with Gasteiger partial charge in [0.25, 0.3) is 5.91 Å². The highest BCUT2D eigenvalue weighted by Gasteiger charge is 2.34. The molecule has 1 fully saturated rings. The quantitative estimate of drug-likeness (QED) is 0.676. The number of β-amino-alcohol motifs (C(OH)–C–C–N with tert-alkyl or cyclic N) is 1. The Labute approximate surface area is 178 Å². The maximum Gasteiger partial charge on any atom is 0.253 e. The number of aryl methyl sites for hydroxylation is 1. The van der Waals surface area contributed by atoms with E-state index in [-0.39, 0.29) is 18.3 Å². The first kappa shape index (κ1) is 20.4. The van der Waals surface area contributed by atoms with E-state index in [9.17, 15) is 19.6 Å². The Bertz CT molecular complexity index is 1160. The maximum atomic E-state index is 13.4. The summed E-state index contributed by atoms with van der Waals surface area (Å²) in [5.74, 6) is -0.232. The molecule has 1 aromatic carbocycles. The molecule has 1 saturated heterocycles. The minimum Gasteiger partial charge on any atom is -0.389 e. The number of nitrogens with one attached hydrogen (secondary N) is 1. The number of nitrogens with zero attached hydrogens (tertiary/aromatic N) is 4. The monoisotopic (exact) mass is 417 g/mol. The van der Waals surface area contributed by atoms with Gasteiger partial charge in [-0.25, -0.2) is 9.37 Å². The van der Waals surface area contributed by atoms with E-state index < -0.39 is 12.1 Å². The summed E-state index contributed by atoms with van der Waals surface area (Å²) in [7, 11) is 0. The zero-order valence-electron chi connectivity index (χ0n) is 16.8. The van der Waals surface area contributed by atoms with Crippen LogP contribution in [0, 0.1) is 24.1 Å². The summed E-state index contributed by atoms with van der Waals surface area (Å²) in [6, 6.07) is 14.4. The second kappa shape index (κ2) is 8.50. The number of halogens is 1. The van der Waals surface area contributed by atoms with Gasteiger partial charge in [0.1, 0.15) is 17.7 Å². The number of amides is 1. The lowest BCUT2D eigenvalue weighted by atomic mass is 10.1. The van der Waals surface area contributed by atoms with Gasteiger partial charge in [-0.15, -0.1) is 0 Å². The van der Waals surface area contributed by atoms with Gasteiger partial charge in [-0.2, -0.15) is 5.26 Å². The zero-order chi connectivity index (χ0) is 22.0. The van der Waals surface area contributed by atoms with Crippen molar-refractivity contribution in [1.29, 1.82) is 5.26 Å². The Morgan fingerprint density at radius 3 is 2.81 bits per heavy atom. The molecule has 2 atom stereocenters. The summed E-state index contributed by atoms with van der Waals surface area (Å²) in [4.78, 5) is 23.1. The van der Waals surface area contributed by atoms with Gasteiger partial charge in [0.2, 0.25) is 0 Å². The molecule has 2 aromatic heterocycles. The van der Waals surface area contributed by atoms with Crippen LogP contribution in [-0.2, 0) is 0 Å². The molecule has 0 unspecified atom stereocenters. The fourth-order valence-corrected chi connectivity index (χ4v) is 3.57. The summed E-state index contributed by atoms with van der Waals surface area (Å²) in [5.41, 5.74) is 2.69. The molecule has 8 heteroatoms. The Morgan fingerprint density at radius 1 is 1.26 bits per heavy atom. The molecule has 156 valence electrons. The highest BCUT2D eigenvalue weighted by Crippen LogP contribution is 2.23. The number of nitriles is 1. The first-order chi connectivity index (χ1) is 14.9. The van der Waals surface area contributed by atoms with Crippen molar-refractivity contribution >= 4 is 11.7 Å². The zero-order valence-corrected chi connectivity index (χ0v) is 16.8. The van der Waals surface area contributed by atoms with Crippen LogP contribution in [0.3, 0.4) is 0 Å². The number of benzene rings is 1. The Balaban J connectivity index is 1.45. The van der Waals surface area contributed by atoms with Gasteiger partial charge in [0.15, 0.2) is 0 Å². The number of hydrogen-bond donors (Lipinski definition) is 2. The lowest BCUT2D eigenvalue weighted by Crippen LogP contribution is -2.42. The van der Waals surface area contributed by atoms with Crippen molar-refractivity contribution in [3.8, 4) is 17.3 Å². The highest BCUT2D eigenvalue weighted by molar-refractivity contribution is 5.94. The fraction of sp³-hybridized carbons (Fsp3) is 0.217. The number of rotatable bonds is 4. The average molecular weight is 417 g/mol. The van der Waals surface area contributed by atoms with Crippen LogP contribution in [0.2, 0.25) is 0 Å². The molecule has 0 bridgehead atoms. The van der Waals surface area contributed by atoms with Crippen molar-refractivity contribution in [3.05, 3.63) is 77.4 Å². The van der Waals surface area contributed by atoms with E-state index in [4.69, 9.17) is 0 Å². The Hall–Kier alpha value is -3.83. The fourth-order valence-electron chi connectivity index (χ4n) is 3.57. The van der Waals surface area contributed by atoms with Gasteiger partial charge < -0.3 is 15.3 Å². The van der Waals surface area contributed by atoms with Crippen LogP contribution in [0.4, 0.5) is 10.2 Å². The number of aromatic nitrogens is 2. The number of pyridine rings is 2. The van der Waals surface area contributed by atoms with Crippen LogP contribution < -0.4 is 10.2 Å². The van der Waals surface area contributed by atoms with Crippen molar-refractivity contribution < 1.29 is 14.3 Å². The van der Waals surface area contributed by atoms with Gasteiger partial charge in [-0.3, -0.25) is 9.78 Å². The minimum atomic E-state index is -0.808. The smallest absolute Gasteiger partial charge is 0.253 e. The molecule has 31 heavy (non-hydrogen) atoms. The molecule has 0 aliphatic carbocycles. The van der Waals surface area contributed by atoms with Crippen molar-refractivity contribution in [2.45, 2.75) is 19.1 Å². The van der Waals surface area contributed by atoms with Gasteiger partial charge in [-0.1, -0.05) is 12.1 Å². The molecule has 0 saturated carbocycles. The largest absolute Gasteiger partial charge is 0.389 e. The number of carbonyl (C=O) groups excluding carboxylic acids is 1. The summed E-state index contributed by atoms with van der Waals surface area (Å²) in [5, 5.41) is 22.6. The molecule has 0 radical (unpaired) electrons. The van der Waals surface area contributed by atoms with Gasteiger partial charge in [-0.05, 0) is 43.3 Å². The standard InChI is InChI=1S/C23H20FN5O2/c1-14-5-6-16(10-25)22(27-14)29-12-20(21(30)13-29)28-23(31)17-7-8-19(26-11-17)15-3-2-4-18(24)9-15/h2-9,11,20-21,30H,12-13H2,1H3,(H,28,31)/t20-,21-/m1/s1. The van der Waals surface area contributed by atoms with E-state index >= 15 is 0 Å². The topological polar surface area (TPSA) is 102 Å². The number of carbonyl (C=O) groups is 1. The van der Waals surface area contributed by atoms with Crippen LogP contribution in [0.25, 0.3) is 11.3 Å². The van der Waals surface area contributed by atoms with Crippen LogP contribution >= 0.6 is 0 Å². The predicted octanol–water partition coefficient (Wildman–Crippen LogP) is 2.44. The molecule has 1 amide bonds. The van der Waals surface area contributed by atoms with E-state index in [1.807, 2.05) is 6.92 Å². The van der Waals surface area contributed by atoms with Gasteiger partial charge in [0, 0.05) is 30.5 Å². The van der Waals surface area contributed by atoms with Crippen LogP contribution in [0.5, 0.6) is 0 Å². The highest BCUT2D eigenvalue weighted by atomic mass is 19.1. The number of aliphatic hydroxyl groups is 1. The third-order valence-corrected chi connectivity index (χ3v) is 5.19. The molecule has 0 spiro atoms. The lowest BCUT2D eigenvalue weighted by molar-refractivity contribution is 0.0888. The molecule has 7 nitrogen and oxygen atoms in total. The van der Waals surface area contributed by atoms with Crippen molar-refractivity contribution in [2.75, 3.05) is 18.0 Å². The van der Waals surface area contributed by atoms with Gasteiger partial charge in [0.05, 0.1) is 29.0 Å². The first-order valence-electron chi connectivity index (χ1n) is 9.78. The van der Waals surface area contributed by atoms with Crippen molar-refractivity contribution in [2.24, 2.45) is 0 Å². The van der Waals surface area contributed by atoms with Crippen molar-refractivity contribution in [3.63, 3.8) is 0 Å². The normalized spacial score (nSPS) is 17.9. The average Bonchev–Trinajstić information content (AvgIpc) is 3.14. The lowest BCUT2D eigenvalue weighted by Gasteiger charge is -2.19. The summed E-state index contributed by atoms with van der Waals surface area (Å²) in [6.07, 6.45) is 0.613. The maximum absolute atomic E-state index is 13.4. The molecule has 2 N–H and O–H groups in total. The SMILES string of the molecule is Cc1ccc(C#N)c(N2C[C@@H](O)[C@H](NC(=O)c3ccc(-c4cccc(F)c4)nc3)C2)n1. The van der Waals surface area contributed by atoms with Gasteiger partial charge >= 0.3 is 0 Å².